The normalized spacial score (nSPS) is 17.0. The van der Waals surface area contributed by atoms with Gasteiger partial charge in [0.15, 0.2) is 5.13 Å². The Bertz CT molecular complexity index is 1150. The van der Waals surface area contributed by atoms with Crippen molar-refractivity contribution >= 4 is 32.4 Å². The van der Waals surface area contributed by atoms with Crippen molar-refractivity contribution < 1.29 is 13.2 Å². The summed E-state index contributed by atoms with van der Waals surface area (Å²) in [5, 5.41) is 5.10. The smallest absolute Gasteiger partial charge is 0.244 e. The van der Waals surface area contributed by atoms with Crippen molar-refractivity contribution in [1.29, 1.82) is 0 Å². The third-order valence-corrected chi connectivity index (χ3v) is 7.73. The van der Waals surface area contributed by atoms with Gasteiger partial charge in [-0.2, -0.15) is 4.31 Å². The zero-order valence-corrected chi connectivity index (χ0v) is 17.8. The molecule has 150 valence electrons. The molecule has 0 aliphatic carbocycles. The highest BCUT2D eigenvalue weighted by Gasteiger charge is 2.39. The first-order valence-corrected chi connectivity index (χ1v) is 11.5. The van der Waals surface area contributed by atoms with Gasteiger partial charge in [-0.05, 0) is 43.5 Å². The SMILES string of the molecule is Cc1ccc(S(=O)(=O)N2Cc3ccccc3C[C@@H]2C(=O)Nc2nc(C)cs2)cc1. The van der Waals surface area contributed by atoms with Crippen LogP contribution in [0.25, 0.3) is 0 Å². The lowest BCUT2D eigenvalue weighted by Gasteiger charge is -2.34. The summed E-state index contributed by atoms with van der Waals surface area (Å²) in [5.74, 6) is -0.371. The number of carbonyl (C=O) groups excluding carboxylic acids is 1. The molecular formula is C21H21N3O3S2. The Morgan fingerprint density at radius 2 is 1.79 bits per heavy atom. The van der Waals surface area contributed by atoms with E-state index in [-0.39, 0.29) is 17.3 Å². The highest BCUT2D eigenvalue weighted by molar-refractivity contribution is 7.89. The van der Waals surface area contributed by atoms with Gasteiger partial charge in [0.05, 0.1) is 10.6 Å². The first-order chi connectivity index (χ1) is 13.8. The molecule has 0 saturated heterocycles. The number of sulfonamides is 1. The number of fused-ring (bicyclic) bond motifs is 1. The molecule has 0 radical (unpaired) electrons. The van der Waals surface area contributed by atoms with E-state index >= 15 is 0 Å². The van der Waals surface area contributed by atoms with Gasteiger partial charge >= 0.3 is 0 Å². The Balaban J connectivity index is 1.71. The zero-order chi connectivity index (χ0) is 20.6. The lowest BCUT2D eigenvalue weighted by atomic mass is 9.95. The van der Waals surface area contributed by atoms with Gasteiger partial charge in [-0.3, -0.25) is 4.79 Å². The van der Waals surface area contributed by atoms with E-state index in [0.29, 0.717) is 11.6 Å². The highest BCUT2D eigenvalue weighted by atomic mass is 32.2. The van der Waals surface area contributed by atoms with Crippen molar-refractivity contribution in [3.63, 3.8) is 0 Å². The maximum atomic E-state index is 13.4. The van der Waals surface area contributed by atoms with Crippen molar-refractivity contribution in [3.05, 3.63) is 76.3 Å². The molecule has 0 bridgehead atoms. The fourth-order valence-corrected chi connectivity index (χ4v) is 5.68. The van der Waals surface area contributed by atoms with Crippen LogP contribution in [0.3, 0.4) is 0 Å². The van der Waals surface area contributed by atoms with Crippen LogP contribution in [0.15, 0.2) is 58.8 Å². The third kappa shape index (κ3) is 3.96. The molecule has 0 fully saturated rings. The summed E-state index contributed by atoms with van der Waals surface area (Å²) in [6.45, 7) is 3.90. The van der Waals surface area contributed by atoms with Gasteiger partial charge in [-0.15, -0.1) is 11.3 Å². The van der Waals surface area contributed by atoms with E-state index in [0.717, 1.165) is 22.4 Å². The minimum Gasteiger partial charge on any atom is -0.301 e. The molecule has 29 heavy (non-hydrogen) atoms. The van der Waals surface area contributed by atoms with Crippen molar-refractivity contribution in [1.82, 2.24) is 9.29 Å². The quantitative estimate of drug-likeness (QED) is 0.691. The monoisotopic (exact) mass is 427 g/mol. The molecule has 2 heterocycles. The van der Waals surface area contributed by atoms with Crippen molar-refractivity contribution in [3.8, 4) is 0 Å². The summed E-state index contributed by atoms with van der Waals surface area (Å²) in [6.07, 6.45) is 0.317. The highest BCUT2D eigenvalue weighted by Crippen LogP contribution is 2.30. The number of aryl methyl sites for hydroxylation is 2. The number of rotatable bonds is 4. The molecule has 1 aromatic heterocycles. The standard InChI is InChI=1S/C21H21N3O3S2/c1-14-7-9-18(10-8-14)29(26,27)24-12-17-6-4-3-5-16(17)11-19(24)20(25)23-21-22-15(2)13-28-21/h3-10,13,19H,11-12H2,1-2H3,(H,22,23,25)/t19-/m1/s1. The Morgan fingerprint density at radius 1 is 1.10 bits per heavy atom. The van der Waals surface area contributed by atoms with Gasteiger partial charge in [0.25, 0.3) is 0 Å². The van der Waals surface area contributed by atoms with Crippen LogP contribution in [0.1, 0.15) is 22.4 Å². The summed E-state index contributed by atoms with van der Waals surface area (Å²) in [4.78, 5) is 17.5. The van der Waals surface area contributed by atoms with Crippen LogP contribution < -0.4 is 5.32 Å². The molecule has 8 heteroatoms. The number of hydrogen-bond acceptors (Lipinski definition) is 5. The fraction of sp³-hybridized carbons (Fsp3) is 0.238. The van der Waals surface area contributed by atoms with Gasteiger partial charge < -0.3 is 5.32 Å². The predicted octanol–water partition coefficient (Wildman–Crippen LogP) is 3.51. The van der Waals surface area contributed by atoms with Crippen LogP contribution in [-0.4, -0.2) is 29.7 Å². The lowest BCUT2D eigenvalue weighted by Crippen LogP contribution is -2.50. The molecule has 4 rings (SSSR count). The number of aromatic nitrogens is 1. The molecule has 1 aliphatic heterocycles. The average Bonchev–Trinajstić information content (AvgIpc) is 3.11. The number of benzene rings is 2. The van der Waals surface area contributed by atoms with Crippen molar-refractivity contribution in [2.45, 2.75) is 37.8 Å². The number of nitrogens with zero attached hydrogens (tertiary/aromatic N) is 2. The van der Waals surface area contributed by atoms with Gasteiger partial charge in [-0.1, -0.05) is 42.0 Å². The van der Waals surface area contributed by atoms with E-state index < -0.39 is 16.1 Å². The maximum absolute atomic E-state index is 13.4. The zero-order valence-electron chi connectivity index (χ0n) is 16.1. The predicted molar refractivity (Wildman–Crippen MR) is 113 cm³/mol. The van der Waals surface area contributed by atoms with E-state index in [4.69, 9.17) is 0 Å². The molecule has 1 aliphatic rings. The average molecular weight is 428 g/mol. The van der Waals surface area contributed by atoms with Crippen LogP contribution in [-0.2, 0) is 27.8 Å². The Hall–Kier alpha value is -2.55. The molecular weight excluding hydrogens is 406 g/mol. The summed E-state index contributed by atoms with van der Waals surface area (Å²) >= 11 is 1.32. The summed E-state index contributed by atoms with van der Waals surface area (Å²) in [7, 11) is -3.85. The Morgan fingerprint density at radius 3 is 2.45 bits per heavy atom. The summed E-state index contributed by atoms with van der Waals surface area (Å²) in [5.41, 5.74) is 3.68. The molecule has 1 amide bonds. The molecule has 2 aromatic carbocycles. The molecule has 6 nitrogen and oxygen atoms in total. The third-order valence-electron chi connectivity index (χ3n) is 4.98. The van der Waals surface area contributed by atoms with Crippen LogP contribution in [0.5, 0.6) is 0 Å². The molecule has 0 spiro atoms. The lowest BCUT2D eigenvalue weighted by molar-refractivity contribution is -0.120. The van der Waals surface area contributed by atoms with E-state index in [1.54, 1.807) is 24.3 Å². The van der Waals surface area contributed by atoms with Crippen LogP contribution in [0.2, 0.25) is 0 Å². The largest absolute Gasteiger partial charge is 0.301 e. The van der Waals surface area contributed by atoms with Gasteiger partial charge in [0, 0.05) is 11.9 Å². The number of thiazole rings is 1. The van der Waals surface area contributed by atoms with Crippen molar-refractivity contribution in [2.24, 2.45) is 0 Å². The Labute approximate surface area is 174 Å². The topological polar surface area (TPSA) is 79.4 Å². The minimum absolute atomic E-state index is 0.154. The molecule has 0 unspecified atom stereocenters. The second kappa shape index (κ2) is 7.70. The number of hydrogen-bond donors (Lipinski definition) is 1. The van der Waals surface area contributed by atoms with Gasteiger partial charge in [0.1, 0.15) is 6.04 Å². The molecule has 1 atom stereocenters. The summed E-state index contributed by atoms with van der Waals surface area (Å²) < 4.78 is 28.1. The van der Waals surface area contributed by atoms with E-state index in [1.165, 1.54) is 15.6 Å². The second-order valence-electron chi connectivity index (χ2n) is 7.14. The number of amides is 1. The number of nitrogens with one attached hydrogen (secondary N) is 1. The first-order valence-electron chi connectivity index (χ1n) is 9.23. The van der Waals surface area contributed by atoms with Crippen molar-refractivity contribution in [2.75, 3.05) is 5.32 Å². The van der Waals surface area contributed by atoms with Gasteiger partial charge in [-0.25, -0.2) is 13.4 Å². The van der Waals surface area contributed by atoms with E-state index in [9.17, 15) is 13.2 Å². The fourth-order valence-electron chi connectivity index (χ4n) is 3.42. The van der Waals surface area contributed by atoms with E-state index in [1.807, 2.05) is 43.5 Å². The number of carbonyl (C=O) groups is 1. The number of anilines is 1. The second-order valence-corrected chi connectivity index (χ2v) is 9.88. The van der Waals surface area contributed by atoms with Crippen LogP contribution in [0.4, 0.5) is 5.13 Å². The molecule has 3 aromatic rings. The molecule has 0 saturated carbocycles. The molecule has 1 N–H and O–H groups in total. The van der Waals surface area contributed by atoms with E-state index in [2.05, 4.69) is 10.3 Å². The minimum atomic E-state index is -3.85. The van der Waals surface area contributed by atoms with Gasteiger partial charge in [0.2, 0.25) is 15.9 Å². The maximum Gasteiger partial charge on any atom is 0.244 e. The Kier molecular flexibility index (Phi) is 5.24. The van der Waals surface area contributed by atoms with Crippen LogP contribution >= 0.6 is 11.3 Å². The van der Waals surface area contributed by atoms with Crippen LogP contribution in [0, 0.1) is 13.8 Å². The first kappa shape index (κ1) is 19.8. The summed E-state index contributed by atoms with van der Waals surface area (Å²) in [6, 6.07) is 13.5.